The van der Waals surface area contributed by atoms with Gasteiger partial charge in [-0.3, -0.25) is 0 Å². The molecular weight excluding hydrogens is 236 g/mol. The van der Waals surface area contributed by atoms with E-state index in [1.165, 1.54) is 0 Å². The van der Waals surface area contributed by atoms with Crippen molar-refractivity contribution in [2.75, 3.05) is 17.7 Å². The van der Waals surface area contributed by atoms with Gasteiger partial charge in [0.05, 0.1) is 6.61 Å². The van der Waals surface area contributed by atoms with E-state index >= 15 is 0 Å². The first-order valence-corrected chi connectivity index (χ1v) is 6.55. The van der Waals surface area contributed by atoms with E-state index in [1.807, 2.05) is 49.4 Å². The lowest BCUT2D eigenvalue weighted by Crippen LogP contribution is -1.96. The van der Waals surface area contributed by atoms with Crippen molar-refractivity contribution in [1.82, 2.24) is 0 Å². The molecule has 3 N–H and O–H groups in total. The maximum absolute atomic E-state index is 5.80. The van der Waals surface area contributed by atoms with Gasteiger partial charge in [0, 0.05) is 17.1 Å². The molecule has 2 aromatic carbocycles. The zero-order valence-electron chi connectivity index (χ0n) is 11.4. The lowest BCUT2D eigenvalue weighted by atomic mass is 10.2. The van der Waals surface area contributed by atoms with Gasteiger partial charge in [0.15, 0.2) is 0 Å². The van der Waals surface area contributed by atoms with Crippen LogP contribution < -0.4 is 15.8 Å². The number of nitrogens with two attached hydrogens (primary N) is 1. The minimum absolute atomic E-state index is 0.754. The molecule has 0 amide bonds. The molecule has 0 radical (unpaired) electrons. The van der Waals surface area contributed by atoms with E-state index in [2.05, 4.69) is 12.2 Å². The number of aryl methyl sites for hydroxylation is 1. The molecule has 0 bridgehead atoms. The molecule has 100 valence electrons. The van der Waals surface area contributed by atoms with Gasteiger partial charge in [0.25, 0.3) is 0 Å². The summed E-state index contributed by atoms with van der Waals surface area (Å²) in [4.78, 5) is 0. The Hall–Kier alpha value is -2.16. The third-order valence-corrected chi connectivity index (χ3v) is 2.89. The molecular formula is C16H20N2O. The van der Waals surface area contributed by atoms with Gasteiger partial charge >= 0.3 is 0 Å². The van der Waals surface area contributed by atoms with Gasteiger partial charge < -0.3 is 15.8 Å². The van der Waals surface area contributed by atoms with Crippen molar-refractivity contribution in [3.8, 4) is 5.75 Å². The number of ether oxygens (including phenoxy) is 1. The van der Waals surface area contributed by atoms with Crippen LogP contribution in [0.1, 0.15) is 18.9 Å². The van der Waals surface area contributed by atoms with E-state index in [0.717, 1.165) is 41.4 Å². The van der Waals surface area contributed by atoms with Gasteiger partial charge in [-0.15, -0.1) is 0 Å². The molecule has 19 heavy (non-hydrogen) atoms. The van der Waals surface area contributed by atoms with Gasteiger partial charge in [-0.2, -0.15) is 0 Å². The van der Waals surface area contributed by atoms with Crippen LogP contribution in [0.4, 0.5) is 17.1 Å². The topological polar surface area (TPSA) is 47.3 Å². The lowest BCUT2D eigenvalue weighted by molar-refractivity contribution is 0.317. The molecule has 3 heteroatoms. The van der Waals surface area contributed by atoms with E-state index in [9.17, 15) is 0 Å². The monoisotopic (exact) mass is 256 g/mol. The van der Waals surface area contributed by atoms with Crippen LogP contribution in [0.5, 0.6) is 5.75 Å². The Labute approximate surface area is 114 Å². The van der Waals surface area contributed by atoms with E-state index in [0.29, 0.717) is 0 Å². The average molecular weight is 256 g/mol. The summed E-state index contributed by atoms with van der Waals surface area (Å²) in [6.07, 6.45) is 1.02. The van der Waals surface area contributed by atoms with Gasteiger partial charge in [-0.05, 0) is 61.4 Å². The maximum atomic E-state index is 5.80. The summed E-state index contributed by atoms with van der Waals surface area (Å²) in [5.41, 5.74) is 9.77. The zero-order valence-corrected chi connectivity index (χ0v) is 11.4. The summed E-state index contributed by atoms with van der Waals surface area (Å²) in [6, 6.07) is 13.9. The predicted molar refractivity (Wildman–Crippen MR) is 81.1 cm³/mol. The maximum Gasteiger partial charge on any atom is 0.119 e. The normalized spacial score (nSPS) is 10.2. The van der Waals surface area contributed by atoms with Crippen LogP contribution in [-0.4, -0.2) is 6.61 Å². The minimum atomic E-state index is 0.754. The highest BCUT2D eigenvalue weighted by molar-refractivity contribution is 5.64. The summed E-state index contributed by atoms with van der Waals surface area (Å²) >= 11 is 0. The summed E-state index contributed by atoms with van der Waals surface area (Å²) in [5.74, 6) is 0.904. The second kappa shape index (κ2) is 6.14. The van der Waals surface area contributed by atoms with Crippen molar-refractivity contribution in [2.24, 2.45) is 0 Å². The molecule has 0 unspecified atom stereocenters. The smallest absolute Gasteiger partial charge is 0.119 e. The number of rotatable bonds is 5. The zero-order chi connectivity index (χ0) is 13.7. The lowest BCUT2D eigenvalue weighted by Gasteiger charge is -2.10. The van der Waals surface area contributed by atoms with Crippen LogP contribution in [-0.2, 0) is 0 Å². The highest BCUT2D eigenvalue weighted by Gasteiger charge is 1.99. The van der Waals surface area contributed by atoms with Gasteiger partial charge in [-0.1, -0.05) is 6.92 Å². The van der Waals surface area contributed by atoms with Crippen LogP contribution in [0.25, 0.3) is 0 Å². The third kappa shape index (κ3) is 3.65. The van der Waals surface area contributed by atoms with Crippen LogP contribution >= 0.6 is 0 Å². The second-order valence-electron chi connectivity index (χ2n) is 4.57. The standard InChI is InChI=1S/C16H20N2O/c1-3-10-19-15-7-4-13(5-8-15)18-14-6-9-16(17)12(2)11-14/h4-9,11,18H,3,10,17H2,1-2H3. The number of anilines is 3. The minimum Gasteiger partial charge on any atom is -0.494 e. The fourth-order valence-corrected chi connectivity index (χ4v) is 1.77. The summed E-state index contributed by atoms with van der Waals surface area (Å²) in [7, 11) is 0. The van der Waals surface area contributed by atoms with Gasteiger partial charge in [0.1, 0.15) is 5.75 Å². The SMILES string of the molecule is CCCOc1ccc(Nc2ccc(N)c(C)c2)cc1. The Balaban J connectivity index is 2.04. The number of nitrogens with one attached hydrogen (secondary N) is 1. The first kappa shape index (κ1) is 13.3. The van der Waals surface area contributed by atoms with Crippen LogP contribution in [0, 0.1) is 6.92 Å². The number of benzene rings is 2. The molecule has 0 saturated heterocycles. The van der Waals surface area contributed by atoms with E-state index in [1.54, 1.807) is 0 Å². The van der Waals surface area contributed by atoms with Crippen molar-refractivity contribution < 1.29 is 4.74 Å². The molecule has 0 spiro atoms. The average Bonchev–Trinajstić information content (AvgIpc) is 2.42. The van der Waals surface area contributed by atoms with Crippen LogP contribution in [0.15, 0.2) is 42.5 Å². The fraction of sp³-hybridized carbons (Fsp3) is 0.250. The quantitative estimate of drug-likeness (QED) is 0.791. The summed E-state index contributed by atoms with van der Waals surface area (Å²) in [6.45, 7) is 4.85. The Morgan fingerprint density at radius 3 is 2.37 bits per heavy atom. The van der Waals surface area contributed by atoms with Crippen molar-refractivity contribution in [3.05, 3.63) is 48.0 Å². The molecule has 3 nitrogen and oxygen atoms in total. The van der Waals surface area contributed by atoms with E-state index < -0.39 is 0 Å². The molecule has 2 rings (SSSR count). The van der Waals surface area contributed by atoms with Crippen LogP contribution in [0.3, 0.4) is 0 Å². The molecule has 2 aromatic rings. The molecule has 0 saturated carbocycles. The highest BCUT2D eigenvalue weighted by Crippen LogP contribution is 2.22. The van der Waals surface area contributed by atoms with E-state index in [-0.39, 0.29) is 0 Å². The first-order valence-electron chi connectivity index (χ1n) is 6.55. The van der Waals surface area contributed by atoms with Crippen LogP contribution in [0.2, 0.25) is 0 Å². The third-order valence-electron chi connectivity index (χ3n) is 2.89. The first-order chi connectivity index (χ1) is 9.19. The molecule has 0 atom stereocenters. The Morgan fingerprint density at radius 1 is 1.05 bits per heavy atom. The molecule has 0 heterocycles. The number of nitrogen functional groups attached to an aromatic ring is 1. The van der Waals surface area contributed by atoms with Crippen molar-refractivity contribution >= 4 is 17.1 Å². The Morgan fingerprint density at radius 2 is 1.74 bits per heavy atom. The Bertz CT molecular complexity index is 535. The van der Waals surface area contributed by atoms with Crippen molar-refractivity contribution in [1.29, 1.82) is 0 Å². The second-order valence-corrected chi connectivity index (χ2v) is 4.57. The summed E-state index contributed by atoms with van der Waals surface area (Å²) in [5, 5.41) is 3.34. The molecule has 0 aliphatic heterocycles. The fourth-order valence-electron chi connectivity index (χ4n) is 1.77. The summed E-state index contributed by atoms with van der Waals surface area (Å²) < 4.78 is 5.55. The van der Waals surface area contributed by atoms with Gasteiger partial charge in [-0.25, -0.2) is 0 Å². The number of hydrogen-bond donors (Lipinski definition) is 2. The molecule has 0 aliphatic carbocycles. The van der Waals surface area contributed by atoms with Gasteiger partial charge in [0.2, 0.25) is 0 Å². The Kier molecular flexibility index (Phi) is 4.29. The van der Waals surface area contributed by atoms with Crippen molar-refractivity contribution in [3.63, 3.8) is 0 Å². The molecule has 0 aromatic heterocycles. The largest absolute Gasteiger partial charge is 0.494 e. The van der Waals surface area contributed by atoms with E-state index in [4.69, 9.17) is 10.5 Å². The van der Waals surface area contributed by atoms with Crippen molar-refractivity contribution in [2.45, 2.75) is 20.3 Å². The molecule has 0 aliphatic rings. The number of hydrogen-bond acceptors (Lipinski definition) is 3. The predicted octanol–water partition coefficient (Wildman–Crippen LogP) is 4.11. The highest BCUT2D eigenvalue weighted by atomic mass is 16.5. The molecule has 0 fully saturated rings.